The third-order valence-electron chi connectivity index (χ3n) is 4.19. The smallest absolute Gasteiger partial charge is 0.253 e. The molecule has 0 bridgehead atoms. The molecule has 1 amide bonds. The Morgan fingerprint density at radius 2 is 2.04 bits per heavy atom. The van der Waals surface area contributed by atoms with Crippen LogP contribution >= 0.6 is 0 Å². The number of fused-ring (bicyclic) bond motifs is 1. The highest BCUT2D eigenvalue weighted by atomic mass is 16.5. The molecule has 1 heterocycles. The maximum Gasteiger partial charge on any atom is 0.253 e. The van der Waals surface area contributed by atoms with Crippen LogP contribution in [0, 0.1) is 6.92 Å². The van der Waals surface area contributed by atoms with E-state index in [0.717, 1.165) is 28.8 Å². The minimum absolute atomic E-state index is 0.0148. The highest BCUT2D eigenvalue weighted by molar-refractivity contribution is 5.97. The molecule has 0 atom stereocenters. The van der Waals surface area contributed by atoms with E-state index in [1.165, 1.54) is 0 Å². The van der Waals surface area contributed by atoms with Crippen molar-refractivity contribution in [1.82, 2.24) is 19.9 Å². The Balaban J connectivity index is 1.55. The van der Waals surface area contributed by atoms with Crippen LogP contribution in [-0.2, 0) is 7.05 Å². The molecule has 3 aromatic rings. The number of carbonyl (C=O) groups is 1. The minimum atomic E-state index is -0.0148. The molecule has 6 nitrogen and oxygen atoms in total. The molecule has 0 fully saturated rings. The normalized spacial score (nSPS) is 10.8. The van der Waals surface area contributed by atoms with Gasteiger partial charge in [-0.25, -0.2) is 4.68 Å². The zero-order valence-corrected chi connectivity index (χ0v) is 14.8. The van der Waals surface area contributed by atoms with Crippen LogP contribution in [0.1, 0.15) is 22.3 Å². The number of aryl methyl sites for hydroxylation is 2. The Kier molecular flexibility index (Phi) is 4.97. The number of amides is 1. The van der Waals surface area contributed by atoms with Gasteiger partial charge < -0.3 is 9.64 Å². The quantitative estimate of drug-likeness (QED) is 0.649. The number of hydrogen-bond acceptors (Lipinski definition) is 4. The molecule has 1 aromatic heterocycles. The Labute approximate surface area is 147 Å². The van der Waals surface area contributed by atoms with Crippen molar-refractivity contribution in [1.29, 1.82) is 0 Å². The van der Waals surface area contributed by atoms with Crippen molar-refractivity contribution in [3.8, 4) is 5.75 Å². The Morgan fingerprint density at radius 3 is 2.84 bits per heavy atom. The predicted octanol–water partition coefficient (Wildman–Crippen LogP) is 2.82. The number of aromatic nitrogens is 3. The second kappa shape index (κ2) is 7.34. The first-order valence-corrected chi connectivity index (χ1v) is 8.29. The van der Waals surface area contributed by atoms with Crippen LogP contribution in [0.25, 0.3) is 11.0 Å². The topological polar surface area (TPSA) is 60.2 Å². The summed E-state index contributed by atoms with van der Waals surface area (Å²) in [6.45, 7) is 3.23. The molecule has 0 aliphatic carbocycles. The highest BCUT2D eigenvalue weighted by Crippen LogP contribution is 2.17. The van der Waals surface area contributed by atoms with E-state index in [1.54, 1.807) is 15.6 Å². The summed E-state index contributed by atoms with van der Waals surface area (Å²) < 4.78 is 7.45. The average Bonchev–Trinajstić information content (AvgIpc) is 3.00. The number of rotatable bonds is 6. The molecule has 0 saturated carbocycles. The summed E-state index contributed by atoms with van der Waals surface area (Å²) in [5.74, 6) is 0.879. The van der Waals surface area contributed by atoms with Gasteiger partial charge in [0.25, 0.3) is 5.91 Å². The number of nitrogens with zero attached hydrogens (tertiary/aromatic N) is 4. The van der Waals surface area contributed by atoms with Crippen LogP contribution in [0.3, 0.4) is 0 Å². The zero-order valence-electron chi connectivity index (χ0n) is 14.8. The summed E-state index contributed by atoms with van der Waals surface area (Å²) >= 11 is 0. The first-order valence-electron chi connectivity index (χ1n) is 8.29. The SMILES string of the molecule is Cc1ccccc1OCCCN(C)C(=O)c1ccc2nnn(C)c2c1. The lowest BCUT2D eigenvalue weighted by atomic mass is 10.1. The zero-order chi connectivity index (χ0) is 17.8. The van der Waals surface area contributed by atoms with E-state index in [2.05, 4.69) is 10.3 Å². The van der Waals surface area contributed by atoms with Gasteiger partial charge in [0.2, 0.25) is 0 Å². The van der Waals surface area contributed by atoms with Crippen molar-refractivity contribution in [2.45, 2.75) is 13.3 Å². The molecule has 0 aliphatic heterocycles. The Bertz CT molecular complexity index is 888. The molecule has 0 saturated heterocycles. The molecular weight excluding hydrogens is 316 g/mol. The number of hydrogen-bond donors (Lipinski definition) is 0. The van der Waals surface area contributed by atoms with Crippen LogP contribution in [0.2, 0.25) is 0 Å². The van der Waals surface area contributed by atoms with E-state index >= 15 is 0 Å². The standard InChI is InChI=1S/C19H22N4O2/c1-14-7-4-5-8-18(14)25-12-6-11-22(2)19(24)15-9-10-16-17(13-15)23(3)21-20-16/h4-5,7-10,13H,6,11-12H2,1-3H3. The Morgan fingerprint density at radius 1 is 1.24 bits per heavy atom. The van der Waals surface area contributed by atoms with E-state index < -0.39 is 0 Å². The lowest BCUT2D eigenvalue weighted by molar-refractivity contribution is 0.0788. The van der Waals surface area contributed by atoms with Crippen molar-refractivity contribution in [2.75, 3.05) is 20.2 Å². The Hall–Kier alpha value is -2.89. The first kappa shape index (κ1) is 17.0. The lowest BCUT2D eigenvalue weighted by Gasteiger charge is -2.17. The van der Waals surface area contributed by atoms with Crippen LogP contribution in [-0.4, -0.2) is 46.0 Å². The van der Waals surface area contributed by atoms with Gasteiger partial charge in [0.1, 0.15) is 11.3 Å². The van der Waals surface area contributed by atoms with Crippen LogP contribution in [0.5, 0.6) is 5.75 Å². The molecule has 0 N–H and O–H groups in total. The van der Waals surface area contributed by atoms with Gasteiger partial charge in [0.15, 0.2) is 0 Å². The van der Waals surface area contributed by atoms with Crippen LogP contribution < -0.4 is 4.74 Å². The summed E-state index contributed by atoms with van der Waals surface area (Å²) in [5.41, 5.74) is 3.39. The molecule has 0 radical (unpaired) electrons. The van der Waals surface area contributed by atoms with Crippen molar-refractivity contribution >= 4 is 16.9 Å². The molecule has 0 aliphatic rings. The number of benzene rings is 2. The maximum atomic E-state index is 12.6. The van der Waals surface area contributed by atoms with Gasteiger partial charge in [0, 0.05) is 26.2 Å². The fourth-order valence-corrected chi connectivity index (χ4v) is 2.69. The van der Waals surface area contributed by atoms with Crippen LogP contribution in [0.15, 0.2) is 42.5 Å². The number of para-hydroxylation sites is 1. The van der Waals surface area contributed by atoms with E-state index in [1.807, 2.05) is 57.4 Å². The minimum Gasteiger partial charge on any atom is -0.493 e. The molecule has 0 unspecified atom stereocenters. The fourth-order valence-electron chi connectivity index (χ4n) is 2.69. The van der Waals surface area contributed by atoms with E-state index in [9.17, 15) is 4.79 Å². The van der Waals surface area contributed by atoms with Gasteiger partial charge in [-0.1, -0.05) is 23.4 Å². The average molecular weight is 338 g/mol. The lowest BCUT2D eigenvalue weighted by Crippen LogP contribution is -2.28. The van der Waals surface area contributed by atoms with Crippen molar-refractivity contribution < 1.29 is 9.53 Å². The molecule has 0 spiro atoms. The third-order valence-corrected chi connectivity index (χ3v) is 4.19. The summed E-state index contributed by atoms with van der Waals surface area (Å²) in [4.78, 5) is 14.3. The van der Waals surface area contributed by atoms with Gasteiger partial charge in [-0.3, -0.25) is 4.79 Å². The molecular formula is C19H22N4O2. The van der Waals surface area contributed by atoms with Crippen LogP contribution in [0.4, 0.5) is 0 Å². The largest absolute Gasteiger partial charge is 0.493 e. The summed E-state index contributed by atoms with van der Waals surface area (Å²) in [5, 5.41) is 7.99. The molecule has 130 valence electrons. The van der Waals surface area contributed by atoms with Gasteiger partial charge in [-0.05, 0) is 43.2 Å². The van der Waals surface area contributed by atoms with Gasteiger partial charge in [-0.15, -0.1) is 5.10 Å². The maximum absolute atomic E-state index is 12.6. The van der Waals surface area contributed by atoms with Crippen molar-refractivity contribution in [3.63, 3.8) is 0 Å². The highest BCUT2D eigenvalue weighted by Gasteiger charge is 2.13. The monoisotopic (exact) mass is 338 g/mol. The molecule has 6 heteroatoms. The second-order valence-corrected chi connectivity index (χ2v) is 6.11. The fraction of sp³-hybridized carbons (Fsp3) is 0.316. The third kappa shape index (κ3) is 3.79. The number of ether oxygens (including phenoxy) is 1. The molecule has 25 heavy (non-hydrogen) atoms. The predicted molar refractivity (Wildman–Crippen MR) is 96.8 cm³/mol. The number of carbonyl (C=O) groups excluding carboxylic acids is 1. The molecule has 2 aromatic carbocycles. The summed E-state index contributed by atoms with van der Waals surface area (Å²) in [6.07, 6.45) is 0.770. The van der Waals surface area contributed by atoms with Gasteiger partial charge in [0.05, 0.1) is 12.1 Å². The van der Waals surface area contributed by atoms with Gasteiger partial charge in [-0.2, -0.15) is 0 Å². The van der Waals surface area contributed by atoms with Crippen molar-refractivity contribution in [2.24, 2.45) is 7.05 Å². The van der Waals surface area contributed by atoms with E-state index in [4.69, 9.17) is 4.74 Å². The van der Waals surface area contributed by atoms with E-state index in [-0.39, 0.29) is 5.91 Å². The summed E-state index contributed by atoms with van der Waals surface area (Å²) in [6, 6.07) is 13.4. The first-order chi connectivity index (χ1) is 12.1. The summed E-state index contributed by atoms with van der Waals surface area (Å²) in [7, 11) is 3.62. The van der Waals surface area contributed by atoms with Crippen molar-refractivity contribution in [3.05, 3.63) is 53.6 Å². The second-order valence-electron chi connectivity index (χ2n) is 6.11. The van der Waals surface area contributed by atoms with Gasteiger partial charge >= 0.3 is 0 Å². The molecule has 3 rings (SSSR count). The van der Waals surface area contributed by atoms with E-state index in [0.29, 0.717) is 18.7 Å².